The molecule has 118 valence electrons. The molecule has 1 aromatic carbocycles. The molecule has 1 aromatic rings. The molecule has 22 heavy (non-hydrogen) atoms. The molecule has 1 aliphatic heterocycles. The first-order chi connectivity index (χ1) is 10.6. The van der Waals surface area contributed by atoms with E-state index in [0.717, 1.165) is 25.3 Å². The van der Waals surface area contributed by atoms with Crippen molar-refractivity contribution in [2.45, 2.75) is 18.9 Å². The lowest BCUT2D eigenvalue weighted by molar-refractivity contribution is -0.148. The van der Waals surface area contributed by atoms with Crippen LogP contribution in [0.2, 0.25) is 0 Å². The van der Waals surface area contributed by atoms with Gasteiger partial charge in [0.25, 0.3) is 0 Å². The van der Waals surface area contributed by atoms with Gasteiger partial charge in [-0.15, -0.1) is 0 Å². The fourth-order valence-corrected chi connectivity index (χ4v) is 3.19. The van der Waals surface area contributed by atoms with Crippen molar-refractivity contribution in [3.05, 3.63) is 29.3 Å². The summed E-state index contributed by atoms with van der Waals surface area (Å²) < 4.78 is 5.25. The Hall–Kier alpha value is -1.85. The molecule has 2 aliphatic rings. The highest BCUT2D eigenvalue weighted by Gasteiger charge is 2.33. The number of carboxylic acids is 1. The zero-order valence-corrected chi connectivity index (χ0v) is 12.7. The van der Waals surface area contributed by atoms with Crippen molar-refractivity contribution in [2.75, 3.05) is 26.7 Å². The van der Waals surface area contributed by atoms with E-state index in [2.05, 4.69) is 17.0 Å². The summed E-state index contributed by atoms with van der Waals surface area (Å²) in [5.74, 6) is -0.719. The van der Waals surface area contributed by atoms with E-state index in [1.54, 1.807) is 7.11 Å². The lowest BCUT2D eigenvalue weighted by Gasteiger charge is -2.34. The van der Waals surface area contributed by atoms with Gasteiger partial charge in [0.2, 0.25) is 0 Å². The number of fused-ring (bicyclic) bond motifs is 1. The van der Waals surface area contributed by atoms with Gasteiger partial charge in [-0.05, 0) is 41.7 Å². The van der Waals surface area contributed by atoms with Crippen LogP contribution in [0.15, 0.2) is 18.2 Å². The first kappa shape index (κ1) is 15.1. The lowest BCUT2D eigenvalue weighted by atomic mass is 9.86. The summed E-state index contributed by atoms with van der Waals surface area (Å²) >= 11 is 0. The predicted molar refractivity (Wildman–Crippen MR) is 83.7 cm³/mol. The van der Waals surface area contributed by atoms with E-state index in [4.69, 9.17) is 9.84 Å². The van der Waals surface area contributed by atoms with E-state index in [0.29, 0.717) is 13.0 Å². The van der Waals surface area contributed by atoms with Gasteiger partial charge >= 0.3 is 5.97 Å². The largest absolute Gasteiger partial charge is 0.497 e. The van der Waals surface area contributed by atoms with Crippen LogP contribution in [0.5, 0.6) is 5.75 Å². The maximum Gasteiger partial charge on any atom is 0.310 e. The van der Waals surface area contributed by atoms with Crippen LogP contribution in [0.3, 0.4) is 0 Å². The van der Waals surface area contributed by atoms with Crippen LogP contribution in [0, 0.1) is 5.92 Å². The fourth-order valence-electron chi connectivity index (χ4n) is 3.19. The minimum absolute atomic E-state index is 0.425. The molecule has 0 spiro atoms. The molecule has 0 saturated carbocycles. The van der Waals surface area contributed by atoms with Crippen LogP contribution in [-0.2, 0) is 4.79 Å². The molecule has 0 aromatic heterocycles. The topological polar surface area (TPSA) is 70.0 Å². The Bertz CT molecular complexity index is 611. The number of aliphatic hydroxyl groups is 1. The van der Waals surface area contributed by atoms with Gasteiger partial charge in [0.15, 0.2) is 0 Å². The molecular weight excluding hydrogens is 282 g/mol. The molecule has 2 atom stereocenters. The zero-order valence-electron chi connectivity index (χ0n) is 12.7. The molecule has 5 nitrogen and oxygen atoms in total. The van der Waals surface area contributed by atoms with Crippen LogP contribution in [0.4, 0.5) is 0 Å². The van der Waals surface area contributed by atoms with E-state index >= 15 is 0 Å². The molecular formula is C17H21NO4. The van der Waals surface area contributed by atoms with Crippen molar-refractivity contribution in [3.63, 3.8) is 0 Å². The minimum atomic E-state index is -0.907. The van der Waals surface area contributed by atoms with Crippen LogP contribution in [0.1, 0.15) is 24.0 Å². The first-order valence-corrected chi connectivity index (χ1v) is 7.60. The Labute approximate surface area is 129 Å². The van der Waals surface area contributed by atoms with Gasteiger partial charge in [-0.1, -0.05) is 12.1 Å². The number of methoxy groups -OCH3 is 1. The van der Waals surface area contributed by atoms with Crippen LogP contribution in [-0.4, -0.2) is 53.9 Å². The van der Waals surface area contributed by atoms with Crippen molar-refractivity contribution >= 4 is 17.6 Å². The van der Waals surface area contributed by atoms with Crippen molar-refractivity contribution in [2.24, 2.45) is 5.92 Å². The number of hydrogen-bond acceptors (Lipinski definition) is 4. The zero-order chi connectivity index (χ0) is 15.7. The summed E-state index contributed by atoms with van der Waals surface area (Å²) in [6.07, 6.45) is 2.87. The SMILES string of the molecule is COc1ccc2c(c1)C(CCN1CC[C@@H](O)[C@H](C(=O)O)C1)=C2. The van der Waals surface area contributed by atoms with E-state index < -0.39 is 18.0 Å². The average Bonchev–Trinajstić information content (AvgIpc) is 2.49. The average molecular weight is 303 g/mol. The van der Waals surface area contributed by atoms with Gasteiger partial charge in [-0.25, -0.2) is 0 Å². The number of likely N-dealkylation sites (tertiary alicyclic amines) is 1. The van der Waals surface area contributed by atoms with Gasteiger partial charge in [0.05, 0.1) is 19.1 Å². The van der Waals surface area contributed by atoms with E-state index in [1.807, 2.05) is 12.1 Å². The van der Waals surface area contributed by atoms with E-state index in [1.165, 1.54) is 16.7 Å². The quantitative estimate of drug-likeness (QED) is 0.866. The predicted octanol–water partition coefficient (Wildman–Crippen LogP) is 1.71. The van der Waals surface area contributed by atoms with Gasteiger partial charge in [-0.2, -0.15) is 0 Å². The molecule has 0 bridgehead atoms. The second kappa shape index (κ2) is 6.10. The van der Waals surface area contributed by atoms with E-state index in [-0.39, 0.29) is 0 Å². The number of carboxylic acid groups (broad SMARTS) is 1. The Morgan fingerprint density at radius 1 is 1.45 bits per heavy atom. The highest BCUT2D eigenvalue weighted by atomic mass is 16.5. The molecule has 1 fully saturated rings. The number of nitrogens with zero attached hydrogens (tertiary/aromatic N) is 1. The number of piperidine rings is 1. The third-order valence-electron chi connectivity index (χ3n) is 4.61. The Morgan fingerprint density at radius 3 is 3.00 bits per heavy atom. The maximum atomic E-state index is 11.1. The first-order valence-electron chi connectivity index (χ1n) is 7.60. The molecule has 0 radical (unpaired) electrons. The normalized spacial score (nSPS) is 24.2. The van der Waals surface area contributed by atoms with Gasteiger partial charge in [0, 0.05) is 19.6 Å². The summed E-state index contributed by atoms with van der Waals surface area (Å²) in [6, 6.07) is 6.05. The van der Waals surface area contributed by atoms with Crippen LogP contribution >= 0.6 is 0 Å². The summed E-state index contributed by atoms with van der Waals surface area (Å²) in [5.41, 5.74) is 3.74. The standard InChI is InChI=1S/C17H21NO4/c1-22-13-3-2-11-8-12(14(11)9-13)4-6-18-7-5-16(19)15(10-18)17(20)21/h2-3,8-9,15-16,19H,4-7,10H2,1H3,(H,20,21)/t15-,16-/m1/s1. The maximum absolute atomic E-state index is 11.1. The summed E-state index contributed by atoms with van der Waals surface area (Å²) in [6.45, 7) is 2.00. The Kier molecular flexibility index (Phi) is 4.18. The van der Waals surface area contributed by atoms with Crippen LogP contribution in [0.25, 0.3) is 11.6 Å². The summed E-state index contributed by atoms with van der Waals surface area (Å²) in [5, 5.41) is 18.9. The number of carbonyl (C=O) groups is 1. The van der Waals surface area contributed by atoms with Crippen LogP contribution < -0.4 is 4.74 Å². The van der Waals surface area contributed by atoms with E-state index in [9.17, 15) is 9.90 Å². The smallest absolute Gasteiger partial charge is 0.310 e. The Morgan fingerprint density at radius 2 is 2.27 bits per heavy atom. The molecule has 0 amide bonds. The monoisotopic (exact) mass is 303 g/mol. The summed E-state index contributed by atoms with van der Waals surface area (Å²) in [7, 11) is 1.66. The van der Waals surface area contributed by atoms with Crippen molar-refractivity contribution < 1.29 is 19.7 Å². The van der Waals surface area contributed by atoms with Crippen molar-refractivity contribution in [1.29, 1.82) is 0 Å². The number of aliphatic carboxylic acids is 1. The molecule has 0 unspecified atom stereocenters. The lowest BCUT2D eigenvalue weighted by Crippen LogP contribution is -2.46. The fraction of sp³-hybridized carbons (Fsp3) is 0.471. The number of ether oxygens (including phenoxy) is 1. The highest BCUT2D eigenvalue weighted by molar-refractivity contribution is 5.95. The van der Waals surface area contributed by atoms with Crippen molar-refractivity contribution in [1.82, 2.24) is 4.90 Å². The van der Waals surface area contributed by atoms with Gasteiger partial charge < -0.3 is 19.8 Å². The highest BCUT2D eigenvalue weighted by Crippen LogP contribution is 2.37. The van der Waals surface area contributed by atoms with Gasteiger partial charge in [-0.3, -0.25) is 4.79 Å². The second-order valence-corrected chi connectivity index (χ2v) is 5.97. The third kappa shape index (κ3) is 2.87. The molecule has 2 N–H and O–H groups in total. The van der Waals surface area contributed by atoms with Crippen molar-refractivity contribution in [3.8, 4) is 5.75 Å². The molecule has 1 heterocycles. The van der Waals surface area contributed by atoms with Gasteiger partial charge in [0.1, 0.15) is 5.75 Å². The number of hydrogen-bond donors (Lipinski definition) is 2. The molecule has 3 rings (SSSR count). The number of benzene rings is 1. The number of rotatable bonds is 5. The molecule has 1 saturated heterocycles. The Balaban J connectivity index is 1.56. The molecule has 1 aliphatic carbocycles. The molecule has 5 heteroatoms. The third-order valence-corrected chi connectivity index (χ3v) is 4.61. The second-order valence-electron chi connectivity index (χ2n) is 5.97. The minimum Gasteiger partial charge on any atom is -0.497 e. The summed E-state index contributed by atoms with van der Waals surface area (Å²) in [4.78, 5) is 13.3. The number of aliphatic hydroxyl groups excluding tert-OH is 1.